The molecule has 2 rings (SSSR count). The number of carbonyl (C=O) groups excluding carboxylic acids is 1. The van der Waals surface area contributed by atoms with Crippen molar-refractivity contribution in [3.63, 3.8) is 0 Å². The molecular formula is C16H21ClN4O3S2. The van der Waals surface area contributed by atoms with Gasteiger partial charge in [0.2, 0.25) is 15.2 Å². The molecule has 0 atom stereocenters. The molecule has 10 heteroatoms. The molecule has 0 unspecified atom stereocenters. The largest absolute Gasteiger partial charge is 0.296 e. The molecule has 0 aliphatic rings. The van der Waals surface area contributed by atoms with Crippen LogP contribution in [0.1, 0.15) is 48.0 Å². The van der Waals surface area contributed by atoms with Gasteiger partial charge in [0.05, 0.1) is 5.02 Å². The summed E-state index contributed by atoms with van der Waals surface area (Å²) in [5.74, 6) is -0.158. The first-order valence-corrected chi connectivity index (χ1v) is 10.7. The van der Waals surface area contributed by atoms with Gasteiger partial charge in [-0.05, 0) is 31.0 Å². The van der Waals surface area contributed by atoms with Crippen LogP contribution in [0, 0.1) is 0 Å². The van der Waals surface area contributed by atoms with Crippen LogP contribution in [0.5, 0.6) is 0 Å². The smallest absolute Gasteiger partial charge is 0.257 e. The summed E-state index contributed by atoms with van der Waals surface area (Å²) in [6, 6.07) is 4.12. The average Bonchev–Trinajstić information content (AvgIpc) is 3.04. The number of amides is 1. The first kappa shape index (κ1) is 20.8. The van der Waals surface area contributed by atoms with Crippen LogP contribution in [0.15, 0.2) is 23.1 Å². The van der Waals surface area contributed by atoms with Crippen molar-refractivity contribution in [3.05, 3.63) is 33.8 Å². The Morgan fingerprint density at radius 1 is 1.27 bits per heavy atom. The third kappa shape index (κ3) is 4.40. The highest BCUT2D eigenvalue weighted by atomic mass is 35.5. The van der Waals surface area contributed by atoms with Crippen molar-refractivity contribution < 1.29 is 13.2 Å². The lowest BCUT2D eigenvalue weighted by Gasteiger charge is -2.13. The minimum absolute atomic E-state index is 0.0576. The van der Waals surface area contributed by atoms with Gasteiger partial charge in [-0.2, -0.15) is 0 Å². The summed E-state index contributed by atoms with van der Waals surface area (Å²) in [7, 11) is -0.951. The lowest BCUT2D eigenvalue weighted by molar-refractivity contribution is 0.102. The number of sulfonamides is 1. The number of nitrogens with one attached hydrogen (secondary N) is 1. The van der Waals surface area contributed by atoms with Gasteiger partial charge in [-0.25, -0.2) is 12.7 Å². The van der Waals surface area contributed by atoms with Crippen LogP contribution < -0.4 is 5.32 Å². The SMILES string of the molecule is CCC(CC)c1nnc(NC(=O)c2ccc(Cl)c(S(=O)(=O)N(C)C)c2)s1. The van der Waals surface area contributed by atoms with Gasteiger partial charge in [-0.1, -0.05) is 36.8 Å². The molecule has 0 aliphatic carbocycles. The van der Waals surface area contributed by atoms with Crippen molar-refractivity contribution in [2.45, 2.75) is 37.5 Å². The topological polar surface area (TPSA) is 92.3 Å². The first-order valence-electron chi connectivity index (χ1n) is 8.07. The Balaban J connectivity index is 2.26. The summed E-state index contributed by atoms with van der Waals surface area (Å²) in [6.07, 6.45) is 1.89. The predicted octanol–water partition coefficient (Wildman–Crippen LogP) is 3.60. The summed E-state index contributed by atoms with van der Waals surface area (Å²) >= 11 is 7.33. The second kappa shape index (κ2) is 8.43. The molecule has 0 saturated carbocycles. The molecule has 1 aromatic heterocycles. The minimum Gasteiger partial charge on any atom is -0.296 e. The lowest BCUT2D eigenvalue weighted by atomic mass is 10.1. The summed E-state index contributed by atoms with van der Waals surface area (Å²) in [5, 5.41) is 12.1. The molecule has 1 N–H and O–H groups in total. The van der Waals surface area contributed by atoms with E-state index in [2.05, 4.69) is 29.4 Å². The third-order valence-corrected chi connectivity index (χ3v) is 7.25. The second-order valence-corrected chi connectivity index (χ2v) is 9.38. The zero-order chi connectivity index (χ0) is 19.5. The van der Waals surface area contributed by atoms with Gasteiger partial charge >= 0.3 is 0 Å². The van der Waals surface area contributed by atoms with Gasteiger partial charge in [-0.3, -0.25) is 10.1 Å². The van der Waals surface area contributed by atoms with E-state index in [1.54, 1.807) is 0 Å². The Morgan fingerprint density at radius 3 is 2.50 bits per heavy atom. The van der Waals surface area contributed by atoms with Gasteiger partial charge in [0.25, 0.3) is 5.91 Å². The number of hydrogen-bond acceptors (Lipinski definition) is 6. The number of rotatable bonds is 7. The van der Waals surface area contributed by atoms with E-state index in [-0.39, 0.29) is 15.5 Å². The van der Waals surface area contributed by atoms with Crippen LogP contribution in [0.3, 0.4) is 0 Å². The van der Waals surface area contributed by atoms with Gasteiger partial charge < -0.3 is 0 Å². The van der Waals surface area contributed by atoms with E-state index in [1.807, 2.05) is 0 Å². The Morgan fingerprint density at radius 2 is 1.92 bits per heavy atom. The zero-order valence-electron chi connectivity index (χ0n) is 15.0. The van der Waals surface area contributed by atoms with E-state index in [4.69, 9.17) is 11.6 Å². The van der Waals surface area contributed by atoms with Crippen molar-refractivity contribution in [2.75, 3.05) is 19.4 Å². The van der Waals surface area contributed by atoms with Crippen molar-refractivity contribution in [3.8, 4) is 0 Å². The quantitative estimate of drug-likeness (QED) is 0.744. The summed E-state index contributed by atoms with van der Waals surface area (Å²) < 4.78 is 25.7. The molecule has 0 fully saturated rings. The highest BCUT2D eigenvalue weighted by Crippen LogP contribution is 2.29. The molecule has 0 spiro atoms. The number of hydrogen-bond donors (Lipinski definition) is 1. The average molecular weight is 417 g/mol. The molecule has 0 bridgehead atoms. The Kier molecular flexibility index (Phi) is 6.73. The molecule has 0 aliphatic heterocycles. The highest BCUT2D eigenvalue weighted by Gasteiger charge is 2.23. The van der Waals surface area contributed by atoms with Crippen LogP contribution in [-0.2, 0) is 10.0 Å². The molecule has 7 nitrogen and oxygen atoms in total. The molecule has 26 heavy (non-hydrogen) atoms. The van der Waals surface area contributed by atoms with Gasteiger partial charge in [0.15, 0.2) is 0 Å². The monoisotopic (exact) mass is 416 g/mol. The standard InChI is InChI=1S/C16H21ClN4O3S2/c1-5-10(6-2)15-19-20-16(25-15)18-14(22)11-7-8-12(17)13(9-11)26(23,24)21(3)4/h7-10H,5-6H2,1-4H3,(H,18,20,22). The molecule has 0 saturated heterocycles. The van der Waals surface area contributed by atoms with Gasteiger partial charge in [-0.15, -0.1) is 10.2 Å². The first-order chi connectivity index (χ1) is 12.2. The highest BCUT2D eigenvalue weighted by molar-refractivity contribution is 7.89. The van der Waals surface area contributed by atoms with E-state index >= 15 is 0 Å². The molecule has 142 valence electrons. The van der Waals surface area contributed by atoms with Crippen LogP contribution in [0.4, 0.5) is 5.13 Å². The van der Waals surface area contributed by atoms with Crippen LogP contribution in [0.2, 0.25) is 5.02 Å². The normalized spacial score (nSPS) is 12.0. The van der Waals surface area contributed by atoms with E-state index in [9.17, 15) is 13.2 Å². The molecule has 0 radical (unpaired) electrons. The third-order valence-electron chi connectivity index (χ3n) is 3.95. The molecule has 2 aromatic rings. The molecule has 1 heterocycles. The van der Waals surface area contributed by atoms with Crippen molar-refractivity contribution in [2.24, 2.45) is 0 Å². The molecule has 1 amide bonds. The van der Waals surface area contributed by atoms with E-state index in [0.29, 0.717) is 11.0 Å². The van der Waals surface area contributed by atoms with Crippen molar-refractivity contribution in [1.29, 1.82) is 0 Å². The van der Waals surface area contributed by atoms with Crippen LogP contribution in [0.25, 0.3) is 0 Å². The Bertz CT molecular complexity index is 893. The number of aromatic nitrogens is 2. The summed E-state index contributed by atoms with van der Waals surface area (Å²) in [4.78, 5) is 12.4. The van der Waals surface area contributed by atoms with Gasteiger partial charge in [0, 0.05) is 25.6 Å². The fourth-order valence-corrected chi connectivity index (χ4v) is 4.70. The van der Waals surface area contributed by atoms with E-state index in [0.717, 1.165) is 22.2 Å². The summed E-state index contributed by atoms with van der Waals surface area (Å²) in [5.41, 5.74) is 0.175. The number of anilines is 1. The van der Waals surface area contributed by atoms with Crippen molar-refractivity contribution in [1.82, 2.24) is 14.5 Å². The van der Waals surface area contributed by atoms with Crippen molar-refractivity contribution >= 4 is 44.0 Å². The second-order valence-electron chi connectivity index (χ2n) is 5.85. The Hall–Kier alpha value is -1.55. The number of nitrogens with zero attached hydrogens (tertiary/aromatic N) is 3. The van der Waals surface area contributed by atoms with Crippen LogP contribution >= 0.6 is 22.9 Å². The maximum absolute atomic E-state index is 12.5. The number of carbonyl (C=O) groups is 1. The van der Waals surface area contributed by atoms with E-state index < -0.39 is 15.9 Å². The zero-order valence-corrected chi connectivity index (χ0v) is 17.4. The lowest BCUT2D eigenvalue weighted by Crippen LogP contribution is -2.23. The fourth-order valence-electron chi connectivity index (χ4n) is 2.30. The minimum atomic E-state index is -3.75. The predicted molar refractivity (Wildman–Crippen MR) is 104 cm³/mol. The Labute approximate surface area is 162 Å². The fraction of sp³-hybridized carbons (Fsp3) is 0.438. The maximum atomic E-state index is 12.5. The molecule has 1 aromatic carbocycles. The van der Waals surface area contributed by atoms with E-state index in [1.165, 1.54) is 43.6 Å². The van der Waals surface area contributed by atoms with Crippen LogP contribution in [-0.4, -0.2) is 42.9 Å². The number of halogens is 1. The number of benzene rings is 1. The molecular weight excluding hydrogens is 396 g/mol. The van der Waals surface area contributed by atoms with Gasteiger partial charge in [0.1, 0.15) is 9.90 Å². The maximum Gasteiger partial charge on any atom is 0.257 e. The summed E-state index contributed by atoms with van der Waals surface area (Å²) in [6.45, 7) is 4.16.